The van der Waals surface area contributed by atoms with E-state index in [4.69, 9.17) is 11.6 Å². The van der Waals surface area contributed by atoms with Crippen LogP contribution in [0.2, 0.25) is 5.02 Å². The second kappa shape index (κ2) is 9.89. The second-order valence-corrected chi connectivity index (χ2v) is 11.5. The molecule has 1 aromatic rings. The number of hydrogen-bond acceptors (Lipinski definition) is 4. The number of benzene rings is 1. The van der Waals surface area contributed by atoms with Crippen molar-refractivity contribution in [2.75, 3.05) is 6.54 Å². The molecule has 0 saturated heterocycles. The largest absolute Gasteiger partial charge is 0.295 e. The Bertz CT molecular complexity index is 1270. The van der Waals surface area contributed by atoms with Crippen LogP contribution in [0.3, 0.4) is 0 Å². The molecule has 1 aromatic carbocycles. The van der Waals surface area contributed by atoms with Crippen molar-refractivity contribution in [1.82, 2.24) is 4.72 Å². The van der Waals surface area contributed by atoms with Gasteiger partial charge in [-0.05, 0) is 72.2 Å². The third-order valence-corrected chi connectivity index (χ3v) is 8.02. The lowest BCUT2D eigenvalue weighted by molar-refractivity contribution is 0.482. The van der Waals surface area contributed by atoms with E-state index < -0.39 is 20.1 Å². The van der Waals surface area contributed by atoms with Crippen LogP contribution in [0.1, 0.15) is 43.7 Å². The zero-order valence-corrected chi connectivity index (χ0v) is 20.3. The van der Waals surface area contributed by atoms with Crippen LogP contribution in [-0.4, -0.2) is 27.9 Å². The molecule has 9 heteroatoms. The van der Waals surface area contributed by atoms with E-state index >= 15 is 0 Å². The summed E-state index contributed by atoms with van der Waals surface area (Å²) in [6.45, 7) is 4.31. The van der Waals surface area contributed by atoms with E-state index in [1.54, 1.807) is 12.1 Å². The van der Waals surface area contributed by atoms with Gasteiger partial charge in [-0.1, -0.05) is 49.7 Å². The van der Waals surface area contributed by atoms with Gasteiger partial charge in [0.2, 0.25) is 10.0 Å². The smallest absolute Gasteiger partial charge is 0.282 e. The number of nitrogens with one attached hydrogen (secondary N) is 1. The monoisotopic (exact) mass is 495 g/mol. The van der Waals surface area contributed by atoms with Crippen LogP contribution >= 0.6 is 11.6 Å². The molecule has 0 spiro atoms. The molecule has 0 bridgehead atoms. The molecule has 2 N–H and O–H groups in total. The summed E-state index contributed by atoms with van der Waals surface area (Å²) < 4.78 is 61.2. The van der Waals surface area contributed by atoms with Gasteiger partial charge in [-0.3, -0.25) is 4.55 Å². The normalized spacial score (nSPS) is 12.5. The fraction of sp³-hybridized carbons (Fsp3) is 0.304. The SMILES string of the molecule is CC(C)c1ccc2cc(CCCCNS(=O)(=O)c3ccc(Cl)cc3)c(S(=O)(=O)O)c-2cc1. The van der Waals surface area contributed by atoms with Crippen molar-refractivity contribution in [3.05, 3.63) is 70.7 Å². The van der Waals surface area contributed by atoms with E-state index in [1.807, 2.05) is 18.2 Å². The summed E-state index contributed by atoms with van der Waals surface area (Å²) >= 11 is 5.79. The topological polar surface area (TPSA) is 101 Å². The third kappa shape index (κ3) is 5.88. The zero-order valence-electron chi connectivity index (χ0n) is 17.9. The average molecular weight is 496 g/mol. The number of rotatable bonds is 9. The lowest BCUT2D eigenvalue weighted by Crippen LogP contribution is -2.24. The molecule has 0 heterocycles. The molecule has 172 valence electrons. The van der Waals surface area contributed by atoms with Gasteiger partial charge in [0.1, 0.15) is 4.90 Å². The molecule has 32 heavy (non-hydrogen) atoms. The Kier molecular flexibility index (Phi) is 7.62. The predicted octanol–water partition coefficient (Wildman–Crippen LogP) is 5.12. The van der Waals surface area contributed by atoms with E-state index in [0.29, 0.717) is 35.4 Å². The summed E-state index contributed by atoms with van der Waals surface area (Å²) in [5.74, 6) is 0.289. The highest BCUT2D eigenvalue weighted by molar-refractivity contribution is 7.89. The summed E-state index contributed by atoms with van der Waals surface area (Å²) in [5.41, 5.74) is 2.82. The lowest BCUT2D eigenvalue weighted by atomic mass is 10.1. The summed E-state index contributed by atoms with van der Waals surface area (Å²) in [6, 6.07) is 15.1. The first-order valence-electron chi connectivity index (χ1n) is 10.3. The molecule has 0 radical (unpaired) electrons. The van der Waals surface area contributed by atoms with Crippen molar-refractivity contribution < 1.29 is 21.4 Å². The van der Waals surface area contributed by atoms with Crippen molar-refractivity contribution in [3.8, 4) is 11.1 Å². The van der Waals surface area contributed by atoms with E-state index in [9.17, 15) is 21.4 Å². The molecule has 3 rings (SSSR count). The lowest BCUT2D eigenvalue weighted by Gasteiger charge is -2.07. The van der Waals surface area contributed by atoms with E-state index in [1.165, 1.54) is 24.3 Å². The maximum atomic E-state index is 12.3. The third-order valence-electron chi connectivity index (χ3n) is 5.29. The Balaban J connectivity index is 1.70. The van der Waals surface area contributed by atoms with Gasteiger partial charge in [-0.15, -0.1) is 0 Å². The standard InChI is InChI=1S/C23H26ClNO5S2/c1-16(2)17-6-7-18-15-19(23(32(28,29)30)22(18)13-8-17)5-3-4-14-25-31(26,27)21-11-9-20(24)10-12-21/h6-13,15-16,25H,3-5,14H2,1-2H3,(H,28,29,30). The maximum Gasteiger partial charge on any atom is 0.295 e. The van der Waals surface area contributed by atoms with Gasteiger partial charge in [0.25, 0.3) is 10.1 Å². The average Bonchev–Trinajstić information content (AvgIpc) is 2.93. The summed E-state index contributed by atoms with van der Waals surface area (Å²) in [6.07, 6.45) is 1.45. The Morgan fingerprint density at radius 2 is 1.59 bits per heavy atom. The highest BCUT2D eigenvalue weighted by Crippen LogP contribution is 2.36. The van der Waals surface area contributed by atoms with Gasteiger partial charge in [0, 0.05) is 17.1 Å². The Labute approximate surface area is 194 Å². The van der Waals surface area contributed by atoms with Gasteiger partial charge in [0.15, 0.2) is 0 Å². The first kappa shape index (κ1) is 24.7. The van der Waals surface area contributed by atoms with Crippen molar-refractivity contribution in [1.29, 1.82) is 0 Å². The Hall–Kier alpha value is -1.97. The van der Waals surface area contributed by atoms with Gasteiger partial charge in [-0.2, -0.15) is 8.42 Å². The molecular formula is C23H26ClNO5S2. The molecule has 0 fully saturated rings. The molecule has 0 unspecified atom stereocenters. The summed E-state index contributed by atoms with van der Waals surface area (Å²) in [5, 5.41) is 0.453. The minimum absolute atomic E-state index is 0.0693. The number of aryl methyl sites for hydroxylation is 1. The van der Waals surface area contributed by atoms with Crippen molar-refractivity contribution in [3.63, 3.8) is 0 Å². The zero-order chi connectivity index (χ0) is 23.5. The van der Waals surface area contributed by atoms with Gasteiger partial charge in [-0.25, -0.2) is 13.1 Å². The van der Waals surface area contributed by atoms with Crippen LogP contribution < -0.4 is 4.72 Å². The number of halogens is 1. The van der Waals surface area contributed by atoms with Crippen LogP contribution in [0.5, 0.6) is 0 Å². The highest BCUT2D eigenvalue weighted by Gasteiger charge is 2.24. The minimum atomic E-state index is -4.41. The summed E-state index contributed by atoms with van der Waals surface area (Å²) in [4.78, 5) is 0.0617. The first-order valence-corrected chi connectivity index (χ1v) is 13.6. The van der Waals surface area contributed by atoms with Crippen molar-refractivity contribution >= 4 is 31.7 Å². The molecule has 2 aliphatic rings. The maximum absolute atomic E-state index is 12.3. The first-order chi connectivity index (χ1) is 15.0. The van der Waals surface area contributed by atoms with E-state index in [-0.39, 0.29) is 22.3 Å². The van der Waals surface area contributed by atoms with E-state index in [2.05, 4.69) is 18.6 Å². The van der Waals surface area contributed by atoms with Crippen LogP contribution in [0, 0.1) is 0 Å². The van der Waals surface area contributed by atoms with Gasteiger partial charge >= 0.3 is 0 Å². The van der Waals surface area contributed by atoms with Crippen LogP contribution in [0.15, 0.2) is 64.4 Å². The highest BCUT2D eigenvalue weighted by atomic mass is 35.5. The molecule has 0 aromatic heterocycles. The second-order valence-electron chi connectivity index (χ2n) is 7.97. The van der Waals surface area contributed by atoms with Crippen LogP contribution in [0.4, 0.5) is 0 Å². The van der Waals surface area contributed by atoms with E-state index in [0.717, 1.165) is 11.1 Å². The molecule has 2 aliphatic carbocycles. The van der Waals surface area contributed by atoms with Gasteiger partial charge < -0.3 is 0 Å². The van der Waals surface area contributed by atoms with Crippen LogP contribution in [-0.2, 0) is 26.6 Å². The molecular weight excluding hydrogens is 470 g/mol. The Morgan fingerprint density at radius 3 is 2.22 bits per heavy atom. The fourth-order valence-electron chi connectivity index (χ4n) is 3.59. The molecule has 0 amide bonds. The number of fused-ring (bicyclic) bond motifs is 1. The van der Waals surface area contributed by atoms with Crippen molar-refractivity contribution in [2.24, 2.45) is 0 Å². The molecule has 0 saturated carbocycles. The molecule has 0 aliphatic heterocycles. The van der Waals surface area contributed by atoms with Crippen LogP contribution in [0.25, 0.3) is 11.1 Å². The number of hydrogen-bond donors (Lipinski definition) is 2. The summed E-state index contributed by atoms with van der Waals surface area (Å²) in [7, 11) is -8.05. The Morgan fingerprint density at radius 1 is 0.938 bits per heavy atom. The molecule has 0 atom stereocenters. The number of sulfonamides is 1. The molecule has 6 nitrogen and oxygen atoms in total. The van der Waals surface area contributed by atoms with Gasteiger partial charge in [0.05, 0.1) is 4.90 Å². The minimum Gasteiger partial charge on any atom is -0.282 e. The quantitative estimate of drug-likeness (QED) is 0.317. The van der Waals surface area contributed by atoms with Crippen molar-refractivity contribution in [2.45, 2.75) is 48.8 Å². The number of unbranched alkanes of at least 4 members (excludes halogenated alkanes) is 1. The fourth-order valence-corrected chi connectivity index (χ4v) is 5.74. The predicted molar refractivity (Wildman–Crippen MR) is 127 cm³/mol.